The van der Waals surface area contributed by atoms with Gasteiger partial charge >= 0.3 is 0 Å². The molecule has 0 aliphatic rings. The average Bonchev–Trinajstić information content (AvgIpc) is 2.76. The largest absolute Gasteiger partial charge is 0.459 e. The van der Waals surface area contributed by atoms with E-state index >= 15 is 0 Å². The summed E-state index contributed by atoms with van der Waals surface area (Å²) >= 11 is 5.59. The molecule has 2 rings (SSSR count). The Balaban J connectivity index is 2.32. The summed E-state index contributed by atoms with van der Waals surface area (Å²) in [4.78, 5) is 13.4. The van der Waals surface area contributed by atoms with Crippen molar-refractivity contribution in [2.45, 2.75) is 26.4 Å². The van der Waals surface area contributed by atoms with Crippen molar-refractivity contribution in [3.8, 4) is 0 Å². The van der Waals surface area contributed by atoms with Crippen molar-refractivity contribution >= 4 is 28.5 Å². The lowest BCUT2D eigenvalue weighted by Crippen LogP contribution is -2.26. The molecule has 4 nitrogen and oxygen atoms in total. The van der Waals surface area contributed by atoms with Crippen LogP contribution in [-0.2, 0) is 17.9 Å². The number of carbonyl (C=O) groups excluding carboxylic acids is 1. The summed E-state index contributed by atoms with van der Waals surface area (Å²) in [5.74, 6) is 1.14. The van der Waals surface area contributed by atoms with Crippen LogP contribution in [0.25, 0.3) is 11.0 Å². The van der Waals surface area contributed by atoms with E-state index in [1.807, 2.05) is 25.1 Å². The number of amides is 1. The van der Waals surface area contributed by atoms with Crippen LogP contribution in [0.4, 0.5) is 0 Å². The van der Waals surface area contributed by atoms with Gasteiger partial charge in [-0.2, -0.15) is 0 Å². The van der Waals surface area contributed by atoms with Gasteiger partial charge in [-0.05, 0) is 18.6 Å². The lowest BCUT2D eigenvalue weighted by molar-refractivity contribution is -0.130. The molecular formula is C15H19ClN2O2. The number of aryl methyl sites for hydroxylation is 1. The maximum atomic E-state index is 11.8. The molecule has 0 saturated carbocycles. The Morgan fingerprint density at radius 2 is 2.20 bits per heavy atom. The highest BCUT2D eigenvalue weighted by Gasteiger charge is 2.16. The molecule has 0 atom stereocenters. The Kier molecular flexibility index (Phi) is 4.68. The summed E-state index contributed by atoms with van der Waals surface area (Å²) in [6.45, 7) is 2.92. The van der Waals surface area contributed by atoms with Crippen LogP contribution in [0.1, 0.15) is 23.3 Å². The van der Waals surface area contributed by atoms with Crippen LogP contribution < -0.4 is 5.73 Å². The molecule has 1 heterocycles. The fourth-order valence-corrected chi connectivity index (χ4v) is 2.49. The molecule has 0 aliphatic heterocycles. The minimum Gasteiger partial charge on any atom is -0.459 e. The molecule has 1 amide bonds. The maximum absolute atomic E-state index is 11.8. The molecule has 0 bridgehead atoms. The number of carbonyl (C=O) groups is 1. The number of hydrogen-bond acceptors (Lipinski definition) is 3. The average molecular weight is 295 g/mol. The number of rotatable bonds is 5. The van der Waals surface area contributed by atoms with E-state index < -0.39 is 0 Å². The van der Waals surface area contributed by atoms with Gasteiger partial charge in [-0.25, -0.2) is 0 Å². The maximum Gasteiger partial charge on any atom is 0.223 e. The first-order chi connectivity index (χ1) is 9.58. The standard InChI is InChI=1S/C15H19ClN2O2/c1-10-13(9-18(2)14(19)6-7-16)20-12-5-3-4-11(8-17)15(10)12/h3-5H,6-9,17H2,1-2H3. The van der Waals surface area contributed by atoms with Gasteiger partial charge in [-0.15, -0.1) is 11.6 Å². The van der Waals surface area contributed by atoms with E-state index in [0.717, 1.165) is 27.9 Å². The lowest BCUT2D eigenvalue weighted by Gasteiger charge is -2.15. The highest BCUT2D eigenvalue weighted by atomic mass is 35.5. The predicted octanol–water partition coefficient (Wildman–Crippen LogP) is 2.79. The second-order valence-electron chi connectivity index (χ2n) is 4.83. The molecule has 5 heteroatoms. The number of alkyl halides is 1. The second kappa shape index (κ2) is 6.29. The lowest BCUT2D eigenvalue weighted by atomic mass is 10.1. The minimum absolute atomic E-state index is 0.0129. The molecule has 2 N–H and O–H groups in total. The highest BCUT2D eigenvalue weighted by molar-refractivity contribution is 6.18. The van der Waals surface area contributed by atoms with Crippen molar-refractivity contribution in [2.75, 3.05) is 12.9 Å². The quantitative estimate of drug-likeness (QED) is 0.863. The Morgan fingerprint density at radius 1 is 1.45 bits per heavy atom. The van der Waals surface area contributed by atoms with E-state index in [4.69, 9.17) is 21.8 Å². The Bertz CT molecular complexity index is 622. The first kappa shape index (κ1) is 14.9. The Hall–Kier alpha value is -1.52. The Morgan fingerprint density at radius 3 is 2.85 bits per heavy atom. The fraction of sp³-hybridized carbons (Fsp3) is 0.400. The molecule has 1 aromatic carbocycles. The van der Waals surface area contributed by atoms with Crippen LogP contribution in [0.3, 0.4) is 0 Å². The number of hydrogen-bond donors (Lipinski definition) is 1. The van der Waals surface area contributed by atoms with Gasteiger partial charge in [0, 0.05) is 36.8 Å². The van der Waals surface area contributed by atoms with Crippen molar-refractivity contribution in [1.29, 1.82) is 0 Å². The molecular weight excluding hydrogens is 276 g/mol. The van der Waals surface area contributed by atoms with Crippen molar-refractivity contribution in [3.63, 3.8) is 0 Å². The van der Waals surface area contributed by atoms with Gasteiger partial charge < -0.3 is 15.1 Å². The molecule has 0 saturated heterocycles. The predicted molar refractivity (Wildman–Crippen MR) is 80.7 cm³/mol. The summed E-state index contributed by atoms with van der Waals surface area (Å²) in [5.41, 5.74) is 8.69. The highest BCUT2D eigenvalue weighted by Crippen LogP contribution is 2.29. The SMILES string of the molecule is Cc1c(CN(C)C(=O)CCCl)oc2cccc(CN)c12. The first-order valence-corrected chi connectivity index (χ1v) is 7.11. The van der Waals surface area contributed by atoms with E-state index in [1.165, 1.54) is 0 Å². The summed E-state index contributed by atoms with van der Waals surface area (Å²) in [6, 6.07) is 5.85. The second-order valence-corrected chi connectivity index (χ2v) is 5.21. The van der Waals surface area contributed by atoms with E-state index in [0.29, 0.717) is 25.4 Å². The monoisotopic (exact) mass is 294 g/mol. The normalized spacial score (nSPS) is 11.0. The van der Waals surface area contributed by atoms with Gasteiger partial charge in [0.1, 0.15) is 11.3 Å². The molecule has 0 spiro atoms. The number of fused-ring (bicyclic) bond motifs is 1. The van der Waals surface area contributed by atoms with Crippen LogP contribution in [-0.4, -0.2) is 23.7 Å². The number of halogens is 1. The fourth-order valence-electron chi connectivity index (χ4n) is 2.33. The third-order valence-electron chi connectivity index (χ3n) is 3.47. The smallest absolute Gasteiger partial charge is 0.223 e. The summed E-state index contributed by atoms with van der Waals surface area (Å²) in [7, 11) is 1.76. The zero-order valence-corrected chi connectivity index (χ0v) is 12.5. The summed E-state index contributed by atoms with van der Waals surface area (Å²) in [6.07, 6.45) is 0.339. The van der Waals surface area contributed by atoms with Crippen LogP contribution in [0, 0.1) is 6.92 Å². The van der Waals surface area contributed by atoms with E-state index in [-0.39, 0.29) is 5.91 Å². The molecule has 1 aromatic heterocycles. The topological polar surface area (TPSA) is 59.5 Å². The van der Waals surface area contributed by atoms with Crippen LogP contribution in [0.5, 0.6) is 0 Å². The van der Waals surface area contributed by atoms with Gasteiger partial charge in [0.15, 0.2) is 0 Å². The molecule has 0 aliphatic carbocycles. The number of furan rings is 1. The molecule has 108 valence electrons. The third-order valence-corrected chi connectivity index (χ3v) is 3.66. The van der Waals surface area contributed by atoms with Crippen LogP contribution >= 0.6 is 11.6 Å². The van der Waals surface area contributed by atoms with E-state index in [2.05, 4.69) is 0 Å². The van der Waals surface area contributed by atoms with Gasteiger partial charge in [0.25, 0.3) is 0 Å². The number of benzene rings is 1. The zero-order valence-electron chi connectivity index (χ0n) is 11.8. The summed E-state index contributed by atoms with van der Waals surface area (Å²) < 4.78 is 5.86. The van der Waals surface area contributed by atoms with Gasteiger partial charge in [0.05, 0.1) is 6.54 Å². The number of nitrogens with two attached hydrogens (primary N) is 1. The molecule has 20 heavy (non-hydrogen) atoms. The first-order valence-electron chi connectivity index (χ1n) is 6.58. The minimum atomic E-state index is 0.0129. The van der Waals surface area contributed by atoms with Gasteiger partial charge in [-0.3, -0.25) is 4.79 Å². The summed E-state index contributed by atoms with van der Waals surface area (Å²) in [5, 5.41) is 1.06. The van der Waals surface area contributed by atoms with E-state index in [1.54, 1.807) is 11.9 Å². The van der Waals surface area contributed by atoms with Crippen LogP contribution in [0.15, 0.2) is 22.6 Å². The molecule has 0 unspecified atom stereocenters. The van der Waals surface area contributed by atoms with Gasteiger partial charge in [0.2, 0.25) is 5.91 Å². The number of nitrogens with zero attached hydrogens (tertiary/aromatic N) is 1. The third kappa shape index (κ3) is 2.81. The van der Waals surface area contributed by atoms with E-state index in [9.17, 15) is 4.79 Å². The molecule has 0 radical (unpaired) electrons. The van der Waals surface area contributed by atoms with Crippen molar-refractivity contribution in [3.05, 3.63) is 35.1 Å². The van der Waals surface area contributed by atoms with Crippen molar-refractivity contribution in [2.24, 2.45) is 5.73 Å². The zero-order chi connectivity index (χ0) is 14.7. The molecule has 2 aromatic rings. The van der Waals surface area contributed by atoms with Crippen molar-refractivity contribution in [1.82, 2.24) is 4.90 Å². The Labute approximate surface area is 123 Å². The van der Waals surface area contributed by atoms with Gasteiger partial charge in [-0.1, -0.05) is 12.1 Å². The van der Waals surface area contributed by atoms with Crippen LogP contribution in [0.2, 0.25) is 0 Å². The molecule has 0 fully saturated rings. The van der Waals surface area contributed by atoms with Crippen molar-refractivity contribution < 1.29 is 9.21 Å².